The number of esters is 1. The maximum atomic E-state index is 12.8. The quantitative estimate of drug-likeness (QED) is 0.0147. The van der Waals surface area contributed by atoms with Crippen molar-refractivity contribution in [2.45, 2.75) is 262 Å². The van der Waals surface area contributed by atoms with E-state index in [1.165, 1.54) is 128 Å². The molecule has 6 N–H and O–H groups in total. The van der Waals surface area contributed by atoms with Crippen LogP contribution in [0.1, 0.15) is 219 Å². The van der Waals surface area contributed by atoms with Crippen LogP contribution >= 0.6 is 7.82 Å². The molecule has 1 aliphatic carbocycles. The Hall–Kier alpha value is -1.44. The molecule has 6 atom stereocenters. The first-order chi connectivity index (χ1) is 31.0. The minimum Gasteiger partial charge on any atom is -0.457 e. The minimum absolute atomic E-state index is 0.0821. The van der Waals surface area contributed by atoms with Gasteiger partial charge in [-0.15, -0.1) is 0 Å². The second kappa shape index (κ2) is 41.7. The monoisotopic (exact) mass is 931 g/mol. The van der Waals surface area contributed by atoms with Gasteiger partial charge in [0.05, 0.1) is 13.2 Å². The van der Waals surface area contributed by atoms with E-state index in [0.717, 1.165) is 64.2 Å². The first kappa shape index (κ1) is 60.6. The van der Waals surface area contributed by atoms with Gasteiger partial charge in [0.2, 0.25) is 0 Å². The summed E-state index contributed by atoms with van der Waals surface area (Å²) in [6.07, 6.45) is 37.8. The highest BCUT2D eigenvalue weighted by atomic mass is 31.2. The van der Waals surface area contributed by atoms with Gasteiger partial charge in [0, 0.05) is 13.0 Å². The fourth-order valence-corrected chi connectivity index (χ4v) is 8.82. The summed E-state index contributed by atoms with van der Waals surface area (Å²) in [6, 6.07) is 0. The van der Waals surface area contributed by atoms with Crippen molar-refractivity contribution < 1.29 is 58.3 Å². The Balaban J connectivity index is 2.33. The molecule has 64 heavy (non-hydrogen) atoms. The molecule has 0 heterocycles. The van der Waals surface area contributed by atoms with E-state index in [9.17, 15) is 39.8 Å². The lowest BCUT2D eigenvalue weighted by molar-refractivity contribution is -0.220. The number of hydrogen-bond acceptors (Lipinski definition) is 11. The third-order valence-electron chi connectivity index (χ3n) is 12.0. The summed E-state index contributed by atoms with van der Waals surface area (Å²) in [4.78, 5) is 23.2. The van der Waals surface area contributed by atoms with Gasteiger partial charge >= 0.3 is 13.8 Å². The summed E-state index contributed by atoms with van der Waals surface area (Å²) in [5.74, 6) is -0.490. The number of rotatable bonds is 44. The van der Waals surface area contributed by atoms with Crippen molar-refractivity contribution in [3.63, 3.8) is 0 Å². The highest BCUT2D eigenvalue weighted by Crippen LogP contribution is 2.47. The van der Waals surface area contributed by atoms with Crippen LogP contribution in [0, 0.1) is 0 Å². The molecule has 12 nitrogen and oxygen atoms in total. The molecule has 0 aromatic rings. The van der Waals surface area contributed by atoms with E-state index in [2.05, 4.69) is 50.3 Å². The van der Waals surface area contributed by atoms with E-state index >= 15 is 0 Å². The van der Waals surface area contributed by atoms with Gasteiger partial charge in [0.25, 0.3) is 0 Å². The average Bonchev–Trinajstić information content (AvgIpc) is 3.28. The number of allylic oxidation sites excluding steroid dienone is 6. The van der Waals surface area contributed by atoms with Gasteiger partial charge in [0.15, 0.2) is 0 Å². The maximum absolute atomic E-state index is 12.8. The molecule has 0 amide bonds. The molecule has 1 rings (SSSR count). The lowest BCUT2D eigenvalue weighted by Crippen LogP contribution is -2.64. The molecule has 0 radical (unpaired) electrons. The number of aliphatic hydroxyl groups is 5. The second-order valence-corrected chi connectivity index (χ2v) is 19.4. The van der Waals surface area contributed by atoms with Crippen LogP contribution in [0.2, 0.25) is 0 Å². The Morgan fingerprint density at radius 3 is 1.36 bits per heavy atom. The van der Waals surface area contributed by atoms with Crippen LogP contribution in [0.5, 0.6) is 0 Å². The highest BCUT2D eigenvalue weighted by Gasteiger charge is 2.51. The van der Waals surface area contributed by atoms with Crippen LogP contribution in [0.15, 0.2) is 36.5 Å². The fraction of sp³-hybridized carbons (Fsp3) is 0.863. The van der Waals surface area contributed by atoms with Crippen molar-refractivity contribution in [2.24, 2.45) is 0 Å². The van der Waals surface area contributed by atoms with Crippen LogP contribution < -0.4 is 0 Å². The van der Waals surface area contributed by atoms with E-state index in [1.807, 2.05) is 0 Å². The highest BCUT2D eigenvalue weighted by molar-refractivity contribution is 7.47. The van der Waals surface area contributed by atoms with Gasteiger partial charge in [-0.05, 0) is 70.6 Å². The summed E-state index contributed by atoms with van der Waals surface area (Å²) in [7, 11) is -5.02. The summed E-state index contributed by atoms with van der Waals surface area (Å²) >= 11 is 0. The number of carbonyl (C=O) groups is 1. The molecule has 0 bridgehead atoms. The van der Waals surface area contributed by atoms with Crippen molar-refractivity contribution in [1.82, 2.24) is 0 Å². The molecule has 0 saturated heterocycles. The largest absolute Gasteiger partial charge is 0.472 e. The van der Waals surface area contributed by atoms with Crippen LogP contribution in [0.25, 0.3) is 0 Å². The van der Waals surface area contributed by atoms with Crippen LogP contribution in [-0.4, -0.2) is 98.9 Å². The second-order valence-electron chi connectivity index (χ2n) is 18.0. The lowest BCUT2D eigenvalue weighted by Gasteiger charge is -2.41. The van der Waals surface area contributed by atoms with E-state index < -0.39 is 63.1 Å². The Morgan fingerprint density at radius 2 is 0.875 bits per heavy atom. The van der Waals surface area contributed by atoms with Crippen LogP contribution in [-0.2, 0) is 27.9 Å². The zero-order chi connectivity index (χ0) is 46.9. The predicted molar refractivity (Wildman–Crippen MR) is 258 cm³/mol. The van der Waals surface area contributed by atoms with E-state index in [1.54, 1.807) is 0 Å². The molecule has 0 aromatic carbocycles. The standard InChI is InChI=1S/C51H95O12P/c1-3-5-7-9-11-13-15-17-19-20-21-22-23-24-25-27-29-31-33-35-37-39-41-60-42-44(43-61-64(58,59)63-51-49(56)47(54)46(53)48(55)50(51)57)62-45(52)40-38-36-34-32-30-28-26-18-16-14-12-10-8-6-4-2/h12,14,18,20-21,26,44,46-51,53-57H,3-11,13,15-17,19,22-25,27-43H2,1-2H3,(H,58,59)/b14-12-,21-20-,26-18-. The number of phosphoric ester groups is 1. The first-order valence-corrected chi connectivity index (χ1v) is 27.3. The normalized spacial score (nSPS) is 21.9. The minimum atomic E-state index is -5.02. The molecule has 1 fully saturated rings. The van der Waals surface area contributed by atoms with E-state index in [4.69, 9.17) is 18.5 Å². The van der Waals surface area contributed by atoms with Crippen molar-refractivity contribution in [2.75, 3.05) is 19.8 Å². The number of carbonyl (C=O) groups excluding carboxylic acids is 1. The van der Waals surface area contributed by atoms with Gasteiger partial charge in [-0.2, -0.15) is 0 Å². The number of hydrogen-bond donors (Lipinski definition) is 6. The van der Waals surface area contributed by atoms with Crippen LogP contribution in [0.4, 0.5) is 0 Å². The summed E-state index contributed by atoms with van der Waals surface area (Å²) in [5, 5.41) is 50.3. The lowest BCUT2D eigenvalue weighted by atomic mass is 9.85. The van der Waals surface area contributed by atoms with E-state index in [-0.39, 0.29) is 13.0 Å². The van der Waals surface area contributed by atoms with Gasteiger partial charge in [0.1, 0.15) is 42.7 Å². The zero-order valence-corrected chi connectivity index (χ0v) is 41.2. The third-order valence-corrected chi connectivity index (χ3v) is 13.0. The molecule has 0 aliphatic heterocycles. The number of unbranched alkanes of at least 4 members (excludes halogenated alkanes) is 26. The van der Waals surface area contributed by atoms with Crippen molar-refractivity contribution in [3.05, 3.63) is 36.5 Å². The zero-order valence-electron chi connectivity index (χ0n) is 40.3. The molecule has 1 aliphatic rings. The summed E-state index contributed by atoms with van der Waals surface area (Å²) < 4.78 is 34.3. The Bertz CT molecular complexity index is 1200. The Kier molecular flexibility index (Phi) is 39.5. The van der Waals surface area contributed by atoms with Crippen molar-refractivity contribution >= 4 is 13.8 Å². The first-order valence-electron chi connectivity index (χ1n) is 25.8. The van der Waals surface area contributed by atoms with Crippen LogP contribution in [0.3, 0.4) is 0 Å². The SMILES string of the molecule is CCCCC/C=C\C/C=C\CCCCCCCC(=O)OC(COCCCCCCCCCCCC/C=C\CCCCCCCCCC)COP(=O)(O)OC1C(O)C(O)C(O)C(O)C1O. The smallest absolute Gasteiger partial charge is 0.457 e. The molecule has 0 aromatic heterocycles. The summed E-state index contributed by atoms with van der Waals surface area (Å²) in [5.41, 5.74) is 0. The maximum Gasteiger partial charge on any atom is 0.472 e. The molecule has 376 valence electrons. The van der Waals surface area contributed by atoms with Gasteiger partial charge in [-0.1, -0.05) is 179 Å². The predicted octanol–water partition coefficient (Wildman–Crippen LogP) is 11.4. The molecule has 13 heteroatoms. The Morgan fingerprint density at radius 1 is 0.500 bits per heavy atom. The molecular weight excluding hydrogens is 836 g/mol. The topological polar surface area (TPSA) is 192 Å². The van der Waals surface area contributed by atoms with Gasteiger partial charge < -0.3 is 39.9 Å². The van der Waals surface area contributed by atoms with Crippen molar-refractivity contribution in [3.8, 4) is 0 Å². The van der Waals surface area contributed by atoms with E-state index in [0.29, 0.717) is 13.0 Å². The number of aliphatic hydroxyl groups excluding tert-OH is 5. The molecular formula is C51H95O12P. The summed E-state index contributed by atoms with van der Waals surface area (Å²) in [6.45, 7) is 4.24. The molecule has 6 unspecified atom stereocenters. The van der Waals surface area contributed by atoms with Gasteiger partial charge in [-0.3, -0.25) is 13.8 Å². The Labute approximate surface area is 389 Å². The molecule has 0 spiro atoms. The van der Waals surface area contributed by atoms with Crippen molar-refractivity contribution in [1.29, 1.82) is 0 Å². The van der Waals surface area contributed by atoms with Gasteiger partial charge in [-0.25, -0.2) is 4.57 Å². The third kappa shape index (κ3) is 33.1. The molecule has 1 saturated carbocycles. The average molecular weight is 931 g/mol. The number of ether oxygens (including phenoxy) is 2. The number of phosphoric acid groups is 1. The fourth-order valence-electron chi connectivity index (χ4n) is 7.85.